The van der Waals surface area contributed by atoms with Crippen LogP contribution in [0.4, 0.5) is 13.2 Å². The first-order valence-electron chi connectivity index (χ1n) is 9.83. The maximum Gasteiger partial charge on any atom is 0.451 e. The number of alkyl halides is 3. The highest BCUT2D eigenvalue weighted by Crippen LogP contribution is 2.36. The van der Waals surface area contributed by atoms with Gasteiger partial charge in [-0.1, -0.05) is 0 Å². The van der Waals surface area contributed by atoms with Crippen LogP contribution >= 0.6 is 0 Å². The summed E-state index contributed by atoms with van der Waals surface area (Å²) in [5, 5.41) is 14.5. The molecule has 2 heterocycles. The normalized spacial score (nSPS) is 23.2. The van der Waals surface area contributed by atoms with Crippen molar-refractivity contribution in [3.63, 3.8) is 0 Å². The fraction of sp³-hybridized carbons (Fsp3) is 0.450. The van der Waals surface area contributed by atoms with E-state index in [0.29, 0.717) is 35.1 Å². The summed E-state index contributed by atoms with van der Waals surface area (Å²) in [6, 6.07) is 3.78. The van der Waals surface area contributed by atoms with Gasteiger partial charge in [0, 0.05) is 36.0 Å². The third-order valence-corrected chi connectivity index (χ3v) is 5.28. The fourth-order valence-corrected chi connectivity index (χ4v) is 3.65. The number of aromatic nitrogens is 4. The smallest absolute Gasteiger partial charge is 0.451 e. The average Bonchev–Trinajstić information content (AvgIpc) is 3.17. The largest absolute Gasteiger partial charge is 0.496 e. The number of hydrogen-bond donors (Lipinski definition) is 1. The SMILES string of the molecule is [2H]C1(n2cc3cc(-c4ccnc(C(F)(F)F)n4)c(OC)cc3n2)CCC(CO)CC1. The van der Waals surface area contributed by atoms with Crippen LogP contribution in [0.2, 0.25) is 0 Å². The molecule has 29 heavy (non-hydrogen) atoms. The highest BCUT2D eigenvalue weighted by Gasteiger charge is 2.35. The molecule has 0 saturated heterocycles. The van der Waals surface area contributed by atoms with E-state index in [-0.39, 0.29) is 18.2 Å². The molecule has 3 aromatic rings. The zero-order valence-electron chi connectivity index (χ0n) is 16.8. The molecule has 6 nitrogen and oxygen atoms in total. The van der Waals surface area contributed by atoms with Crippen molar-refractivity contribution in [2.75, 3.05) is 13.7 Å². The molecule has 9 heteroatoms. The van der Waals surface area contributed by atoms with E-state index >= 15 is 0 Å². The minimum atomic E-state index is -4.65. The summed E-state index contributed by atoms with van der Waals surface area (Å²) in [6.45, 7) is 0.122. The molecule has 0 unspecified atom stereocenters. The van der Waals surface area contributed by atoms with E-state index in [1.165, 1.54) is 13.2 Å². The maximum atomic E-state index is 13.0. The van der Waals surface area contributed by atoms with Gasteiger partial charge in [-0.15, -0.1) is 0 Å². The van der Waals surface area contributed by atoms with Crippen molar-refractivity contribution < 1.29 is 24.4 Å². The second-order valence-corrected chi connectivity index (χ2v) is 7.14. The molecule has 0 bridgehead atoms. The molecule has 4 rings (SSSR count). The first-order valence-corrected chi connectivity index (χ1v) is 9.33. The number of benzene rings is 1. The van der Waals surface area contributed by atoms with Gasteiger partial charge in [-0.25, -0.2) is 9.97 Å². The van der Waals surface area contributed by atoms with Crippen LogP contribution in [0.1, 0.15) is 38.9 Å². The zero-order chi connectivity index (χ0) is 21.5. The number of rotatable bonds is 4. The van der Waals surface area contributed by atoms with Gasteiger partial charge in [-0.2, -0.15) is 18.3 Å². The number of methoxy groups -OCH3 is 1. The summed E-state index contributed by atoms with van der Waals surface area (Å²) < 4.78 is 54.9. The monoisotopic (exact) mass is 407 g/mol. The summed E-state index contributed by atoms with van der Waals surface area (Å²) in [7, 11) is 1.43. The van der Waals surface area contributed by atoms with Gasteiger partial charge in [-0.05, 0) is 43.7 Å². The van der Waals surface area contributed by atoms with Gasteiger partial charge in [-0.3, -0.25) is 4.68 Å². The molecule has 0 spiro atoms. The van der Waals surface area contributed by atoms with Gasteiger partial charge in [0.1, 0.15) is 5.75 Å². The predicted molar refractivity (Wildman–Crippen MR) is 100 cm³/mol. The molecular formula is C20H21F3N4O2. The van der Waals surface area contributed by atoms with E-state index in [9.17, 15) is 18.3 Å². The molecule has 154 valence electrons. The van der Waals surface area contributed by atoms with E-state index in [1.807, 2.05) is 0 Å². The number of ether oxygens (including phenoxy) is 1. The lowest BCUT2D eigenvalue weighted by Gasteiger charge is -2.27. The van der Waals surface area contributed by atoms with Crippen molar-refractivity contribution in [2.45, 2.75) is 37.9 Å². The van der Waals surface area contributed by atoms with Crippen molar-refractivity contribution in [3.05, 3.63) is 36.4 Å². The van der Waals surface area contributed by atoms with Crippen molar-refractivity contribution >= 4 is 10.9 Å². The lowest BCUT2D eigenvalue weighted by molar-refractivity contribution is -0.144. The molecular weight excluding hydrogens is 385 g/mol. The lowest BCUT2D eigenvalue weighted by Crippen LogP contribution is -2.20. The van der Waals surface area contributed by atoms with Crippen LogP contribution in [0.25, 0.3) is 22.2 Å². The Kier molecular flexibility index (Phi) is 4.83. The Morgan fingerprint density at radius 3 is 2.69 bits per heavy atom. The molecule has 0 amide bonds. The minimum absolute atomic E-state index is 0.0906. The Morgan fingerprint density at radius 2 is 2.03 bits per heavy atom. The Morgan fingerprint density at radius 1 is 1.28 bits per heavy atom. The minimum Gasteiger partial charge on any atom is -0.496 e. The Hall–Kier alpha value is -2.68. The Labute approximate surface area is 166 Å². The van der Waals surface area contributed by atoms with Crippen molar-refractivity contribution in [1.82, 2.24) is 19.7 Å². The number of aliphatic hydroxyl groups is 1. The second kappa shape index (κ2) is 7.62. The highest BCUT2D eigenvalue weighted by atomic mass is 19.4. The summed E-state index contributed by atoms with van der Waals surface area (Å²) >= 11 is 0. The molecule has 1 N–H and O–H groups in total. The van der Waals surface area contributed by atoms with E-state index in [2.05, 4.69) is 15.1 Å². The highest BCUT2D eigenvalue weighted by molar-refractivity contribution is 5.87. The summed E-state index contributed by atoms with van der Waals surface area (Å²) in [4.78, 5) is 6.96. The Bertz CT molecular complexity index is 1060. The average molecular weight is 407 g/mol. The molecule has 1 aliphatic carbocycles. The van der Waals surface area contributed by atoms with Crippen LogP contribution in [0.15, 0.2) is 30.6 Å². The van der Waals surface area contributed by atoms with Crippen molar-refractivity contribution in [2.24, 2.45) is 5.92 Å². The first-order chi connectivity index (χ1) is 14.2. The van der Waals surface area contributed by atoms with Gasteiger partial charge in [0.15, 0.2) is 0 Å². The van der Waals surface area contributed by atoms with Crippen LogP contribution < -0.4 is 4.74 Å². The van der Waals surface area contributed by atoms with Crippen LogP contribution in [-0.4, -0.2) is 38.6 Å². The van der Waals surface area contributed by atoms with Gasteiger partial charge < -0.3 is 9.84 Å². The summed E-state index contributed by atoms with van der Waals surface area (Å²) in [5.41, 5.74) is 1.06. The van der Waals surface area contributed by atoms with E-state index in [4.69, 9.17) is 6.11 Å². The topological polar surface area (TPSA) is 73.1 Å². The number of hydrogen-bond acceptors (Lipinski definition) is 5. The number of halogens is 3. The molecule has 1 saturated carbocycles. The van der Waals surface area contributed by atoms with Gasteiger partial charge in [0.25, 0.3) is 0 Å². The third-order valence-electron chi connectivity index (χ3n) is 5.28. The molecule has 2 aromatic heterocycles. The predicted octanol–water partition coefficient (Wildman–Crippen LogP) is 4.24. The van der Waals surface area contributed by atoms with E-state index in [0.717, 1.165) is 19.0 Å². The maximum absolute atomic E-state index is 13.0. The Balaban J connectivity index is 1.75. The van der Waals surface area contributed by atoms with E-state index < -0.39 is 18.0 Å². The molecule has 1 aliphatic rings. The van der Waals surface area contributed by atoms with Crippen LogP contribution in [-0.2, 0) is 6.18 Å². The van der Waals surface area contributed by atoms with Gasteiger partial charge in [0.05, 0.1) is 25.7 Å². The van der Waals surface area contributed by atoms with Crippen molar-refractivity contribution in [3.8, 4) is 17.0 Å². The van der Waals surface area contributed by atoms with Gasteiger partial charge in [0.2, 0.25) is 5.82 Å². The molecule has 1 aromatic carbocycles. The fourth-order valence-electron chi connectivity index (χ4n) is 3.65. The third kappa shape index (κ3) is 3.91. The first kappa shape index (κ1) is 18.4. The molecule has 0 atom stereocenters. The number of fused-ring (bicyclic) bond motifs is 1. The quantitative estimate of drug-likeness (QED) is 0.700. The molecule has 0 radical (unpaired) electrons. The standard InChI is InChI=1S/C20H21F3N4O2/c1-29-18-9-17-13(10-27(26-17)14-4-2-12(11-28)3-5-14)8-15(18)16-6-7-24-19(25-16)20(21,22)23/h6-10,12,14,28H,2-5,11H2,1H3/i14D. The summed E-state index contributed by atoms with van der Waals surface area (Å²) in [5.74, 6) is -0.674. The number of aliphatic hydroxyl groups excluding tert-OH is 1. The zero-order valence-corrected chi connectivity index (χ0v) is 15.8. The lowest BCUT2D eigenvalue weighted by atomic mass is 9.87. The second-order valence-electron chi connectivity index (χ2n) is 7.14. The van der Waals surface area contributed by atoms with Crippen molar-refractivity contribution in [1.29, 1.82) is 0 Å². The number of nitrogens with zero attached hydrogens (tertiary/aromatic N) is 4. The van der Waals surface area contributed by atoms with Crippen LogP contribution in [0.5, 0.6) is 5.75 Å². The molecule has 0 aliphatic heterocycles. The van der Waals surface area contributed by atoms with Crippen LogP contribution in [0.3, 0.4) is 0 Å². The van der Waals surface area contributed by atoms with E-state index in [1.54, 1.807) is 23.0 Å². The van der Waals surface area contributed by atoms with Gasteiger partial charge >= 0.3 is 6.18 Å². The summed E-state index contributed by atoms with van der Waals surface area (Å²) in [6.07, 6.45) is 0.766. The molecule has 1 fully saturated rings. The van der Waals surface area contributed by atoms with Crippen LogP contribution in [0, 0.1) is 5.92 Å².